The summed E-state index contributed by atoms with van der Waals surface area (Å²) in [5.41, 5.74) is 0.635. The van der Waals surface area contributed by atoms with E-state index in [-0.39, 0.29) is 19.8 Å². The number of carbonyl (C=O) groups is 1. The number of amides is 2. The topological polar surface area (TPSA) is 109 Å². The van der Waals surface area contributed by atoms with Crippen molar-refractivity contribution in [1.82, 2.24) is 5.32 Å². The molecule has 2 atom stereocenters. The van der Waals surface area contributed by atoms with E-state index in [0.29, 0.717) is 23.3 Å². The molecule has 0 aliphatic rings. The number of hydrogen-bond acceptors (Lipinski definition) is 6. The van der Waals surface area contributed by atoms with Gasteiger partial charge >= 0.3 is 6.03 Å². The lowest BCUT2D eigenvalue weighted by Gasteiger charge is -2.30. The minimum atomic E-state index is -4.57. The number of ether oxygens (including phenoxy) is 1. The minimum Gasteiger partial charge on any atom is -0.756 e. The first-order valence-corrected chi connectivity index (χ1v) is 18.2. The van der Waals surface area contributed by atoms with Gasteiger partial charge < -0.3 is 33.8 Å². The summed E-state index contributed by atoms with van der Waals surface area (Å²) < 4.78 is 29.1. The number of nitrogens with zero attached hydrogens (tertiary/aromatic N) is 1. The summed E-state index contributed by atoms with van der Waals surface area (Å²) in [5, 5.41) is 5.38. The van der Waals surface area contributed by atoms with E-state index in [0.717, 1.165) is 12.8 Å². The predicted octanol–water partition coefficient (Wildman–Crippen LogP) is 7.66. The average molecular weight is 628 g/mol. The van der Waals surface area contributed by atoms with Gasteiger partial charge in [-0.15, -0.1) is 0 Å². The summed E-state index contributed by atoms with van der Waals surface area (Å²) in [5.74, 6) is 0. The second-order valence-electron chi connectivity index (χ2n) is 12.6. The number of urea groups is 1. The Labute approximate surface area is 262 Å². The molecule has 1 aromatic rings. The fourth-order valence-electron chi connectivity index (χ4n) is 4.64. The monoisotopic (exact) mass is 627 g/mol. The number of carbonyl (C=O) groups excluding carboxylic acids is 1. The maximum Gasteiger partial charge on any atom is 0.319 e. The van der Waals surface area contributed by atoms with Crippen LogP contribution in [0.3, 0.4) is 0 Å². The molecular weight excluding hydrogens is 565 g/mol. The van der Waals surface area contributed by atoms with Crippen molar-refractivity contribution < 1.29 is 32.5 Å². The number of rotatable bonds is 28. The van der Waals surface area contributed by atoms with Crippen molar-refractivity contribution in [2.75, 3.05) is 59.4 Å². The highest BCUT2D eigenvalue weighted by Gasteiger charge is 2.21. The van der Waals surface area contributed by atoms with E-state index in [4.69, 9.17) is 13.8 Å². The van der Waals surface area contributed by atoms with Gasteiger partial charge in [0.05, 0.1) is 27.7 Å². The molecule has 0 aromatic heterocycles. The highest BCUT2D eigenvalue weighted by molar-refractivity contribution is 7.45. The summed E-state index contributed by atoms with van der Waals surface area (Å²) in [6.45, 7) is 3.30. The lowest BCUT2D eigenvalue weighted by molar-refractivity contribution is -0.870. The first-order chi connectivity index (χ1) is 20.6. The first-order valence-electron chi connectivity index (χ1n) is 16.7. The van der Waals surface area contributed by atoms with Crippen LogP contribution in [0.25, 0.3) is 0 Å². The Morgan fingerprint density at radius 2 is 1.33 bits per heavy atom. The summed E-state index contributed by atoms with van der Waals surface area (Å²) in [4.78, 5) is 24.8. The van der Waals surface area contributed by atoms with E-state index in [2.05, 4.69) is 17.6 Å². The van der Waals surface area contributed by atoms with Crippen LogP contribution in [-0.2, 0) is 18.3 Å². The molecule has 0 saturated heterocycles. The maximum atomic E-state index is 12.4. The highest BCUT2D eigenvalue weighted by atomic mass is 31.2. The Balaban J connectivity index is 2.22. The zero-order valence-corrected chi connectivity index (χ0v) is 28.6. The summed E-state index contributed by atoms with van der Waals surface area (Å²) >= 11 is 0. The number of nitrogens with one attached hydrogen (secondary N) is 2. The van der Waals surface area contributed by atoms with Gasteiger partial charge in [0.2, 0.25) is 0 Å². The van der Waals surface area contributed by atoms with Gasteiger partial charge in [0.1, 0.15) is 19.3 Å². The minimum absolute atomic E-state index is 0.0129. The fourth-order valence-corrected chi connectivity index (χ4v) is 5.50. The fraction of sp³-hybridized carbons (Fsp3) is 0.788. The molecule has 0 fully saturated rings. The van der Waals surface area contributed by atoms with Gasteiger partial charge in [0.25, 0.3) is 7.82 Å². The Hall–Kier alpha value is -1.48. The number of phosphoric acid groups is 1. The van der Waals surface area contributed by atoms with E-state index in [1.165, 1.54) is 89.9 Å². The molecular formula is C33H62N3O6P. The third-order valence-corrected chi connectivity index (χ3v) is 8.31. The van der Waals surface area contributed by atoms with Crippen LogP contribution >= 0.6 is 7.82 Å². The number of anilines is 1. The number of phosphoric ester groups is 1. The number of benzene rings is 1. The molecule has 250 valence electrons. The van der Waals surface area contributed by atoms with Crippen LogP contribution < -0.4 is 15.5 Å². The second kappa shape index (κ2) is 24.8. The smallest absolute Gasteiger partial charge is 0.319 e. The Morgan fingerprint density at radius 1 is 0.814 bits per heavy atom. The van der Waals surface area contributed by atoms with Crippen LogP contribution in [0.1, 0.15) is 110 Å². The van der Waals surface area contributed by atoms with Crippen molar-refractivity contribution in [3.05, 3.63) is 30.3 Å². The molecule has 0 saturated carbocycles. The Bertz CT molecular complexity index is 853. The molecule has 1 aromatic carbocycles. The average Bonchev–Trinajstić information content (AvgIpc) is 2.94. The highest BCUT2D eigenvalue weighted by Crippen LogP contribution is 2.39. The largest absolute Gasteiger partial charge is 0.756 e. The van der Waals surface area contributed by atoms with Crippen LogP contribution in [0, 0.1) is 0 Å². The molecule has 43 heavy (non-hydrogen) atoms. The molecule has 2 amide bonds. The van der Waals surface area contributed by atoms with E-state index in [1.54, 1.807) is 12.1 Å². The number of hydrogen-bond donors (Lipinski definition) is 2. The van der Waals surface area contributed by atoms with Crippen molar-refractivity contribution in [2.45, 2.75) is 116 Å². The number of quaternary nitrogens is 1. The second-order valence-corrected chi connectivity index (χ2v) is 14.0. The molecule has 0 aliphatic carbocycles. The Morgan fingerprint density at radius 3 is 1.84 bits per heavy atom. The zero-order chi connectivity index (χ0) is 31.7. The van der Waals surface area contributed by atoms with E-state index in [9.17, 15) is 14.3 Å². The summed E-state index contributed by atoms with van der Waals surface area (Å²) in [7, 11) is 1.28. The standard InChI is InChI=1S/C33H62N3O6P/c1-5-6-7-8-9-10-11-12-13-14-15-16-17-18-19-23-27-40-30-32(42-43(38,39)41-28-26-36(2,3)4)29-34-33(37)35-31-24-21-20-22-25-31/h20-22,24-25,32H,5-19,23,26-30H2,1-4H3,(H2-,34,35,37,38,39). The summed E-state index contributed by atoms with van der Waals surface area (Å²) in [6, 6.07) is 8.56. The van der Waals surface area contributed by atoms with E-state index in [1.807, 2.05) is 39.3 Å². The van der Waals surface area contributed by atoms with E-state index >= 15 is 0 Å². The molecule has 9 nitrogen and oxygen atoms in total. The molecule has 2 N–H and O–H groups in total. The van der Waals surface area contributed by atoms with Crippen molar-refractivity contribution in [3.63, 3.8) is 0 Å². The lowest BCUT2D eigenvalue weighted by Crippen LogP contribution is -2.40. The van der Waals surface area contributed by atoms with Gasteiger partial charge in [0.15, 0.2) is 0 Å². The molecule has 0 spiro atoms. The molecule has 1 rings (SSSR count). The van der Waals surface area contributed by atoms with Crippen LogP contribution in [0.5, 0.6) is 0 Å². The molecule has 0 bridgehead atoms. The number of unbranched alkanes of at least 4 members (excludes halogenated alkanes) is 15. The number of para-hydroxylation sites is 1. The van der Waals surface area contributed by atoms with E-state index < -0.39 is 20.0 Å². The van der Waals surface area contributed by atoms with Crippen LogP contribution in [0.2, 0.25) is 0 Å². The van der Waals surface area contributed by atoms with Crippen molar-refractivity contribution >= 4 is 19.5 Å². The van der Waals surface area contributed by atoms with Crippen molar-refractivity contribution in [3.8, 4) is 0 Å². The Kier molecular flexibility index (Phi) is 22.8. The van der Waals surface area contributed by atoms with Gasteiger partial charge in [-0.1, -0.05) is 121 Å². The zero-order valence-electron chi connectivity index (χ0n) is 27.7. The van der Waals surface area contributed by atoms with Gasteiger partial charge in [0, 0.05) is 18.8 Å². The van der Waals surface area contributed by atoms with Gasteiger partial charge in [-0.05, 0) is 18.6 Å². The molecule has 10 heteroatoms. The molecule has 0 aliphatic heterocycles. The van der Waals surface area contributed by atoms with Gasteiger partial charge in [-0.2, -0.15) is 0 Å². The lowest BCUT2D eigenvalue weighted by atomic mass is 10.0. The van der Waals surface area contributed by atoms with Gasteiger partial charge in [-0.25, -0.2) is 4.79 Å². The normalized spacial score (nSPS) is 13.9. The predicted molar refractivity (Wildman–Crippen MR) is 175 cm³/mol. The van der Waals surface area contributed by atoms with Crippen molar-refractivity contribution in [1.29, 1.82) is 0 Å². The maximum absolute atomic E-state index is 12.4. The van der Waals surface area contributed by atoms with Crippen LogP contribution in [-0.4, -0.2) is 70.7 Å². The third kappa shape index (κ3) is 25.5. The van der Waals surface area contributed by atoms with Gasteiger partial charge in [-0.3, -0.25) is 4.57 Å². The quantitative estimate of drug-likeness (QED) is 0.0561. The van der Waals surface area contributed by atoms with Crippen molar-refractivity contribution in [2.24, 2.45) is 0 Å². The molecule has 2 unspecified atom stereocenters. The number of likely N-dealkylation sites (N-methyl/N-ethyl adjacent to an activating group) is 1. The molecule has 0 radical (unpaired) electrons. The summed E-state index contributed by atoms with van der Waals surface area (Å²) in [6.07, 6.45) is 19.9. The third-order valence-electron chi connectivity index (χ3n) is 7.26. The molecule has 0 heterocycles. The van der Waals surface area contributed by atoms with Crippen LogP contribution in [0.4, 0.5) is 10.5 Å². The van der Waals surface area contributed by atoms with Crippen LogP contribution in [0.15, 0.2) is 30.3 Å². The first kappa shape index (κ1) is 39.5. The SMILES string of the molecule is CCCCCCCCCCCCCCCCCCOCC(CNC(=O)Nc1ccccc1)OP(=O)([O-])OCC[N+](C)(C)C.